The first-order chi connectivity index (χ1) is 9.83. The molecule has 2 rings (SSSR count). The monoisotopic (exact) mass is 1030 g/mol. The number of hydrogen-bond donors (Lipinski definition) is 0. The minimum Gasteiger partial charge on any atom is -0.744 e. The molecule has 2 aromatic rings. The van der Waals surface area contributed by atoms with Gasteiger partial charge in [0.15, 0.2) is 0 Å². The largest absolute Gasteiger partial charge is 1.00 e. The first kappa shape index (κ1) is 30.4. The minimum absolute atomic E-state index is 0. The van der Waals surface area contributed by atoms with Gasteiger partial charge in [0.1, 0.15) is 30.4 Å². The van der Waals surface area contributed by atoms with E-state index in [1.54, 1.807) is 0 Å². The van der Waals surface area contributed by atoms with Crippen LogP contribution in [-0.4, -0.2) is 38.9 Å². The molecule has 9 nitrogen and oxygen atoms in total. The number of rotatable bonds is 3. The second-order valence-electron chi connectivity index (χ2n) is 4.12. The van der Waals surface area contributed by atoms with Crippen molar-refractivity contribution in [1.29, 1.82) is 0 Å². The van der Waals surface area contributed by atoms with E-state index in [0.717, 1.165) is 12.1 Å². The Morgan fingerprint density at radius 1 is 0.640 bits per heavy atom. The molecule has 25 heavy (non-hydrogen) atoms. The van der Waals surface area contributed by atoms with E-state index in [0.29, 0.717) is 6.07 Å². The van der Waals surface area contributed by atoms with Gasteiger partial charge in [-0.1, -0.05) is 24.3 Å². The van der Waals surface area contributed by atoms with Crippen molar-refractivity contribution in [2.45, 2.75) is 14.7 Å². The van der Waals surface area contributed by atoms with Crippen LogP contribution < -0.4 is 0 Å². The number of hydrogen-bond acceptors (Lipinski definition) is 9. The minimum atomic E-state index is -5.73. The van der Waals surface area contributed by atoms with Gasteiger partial charge in [-0.3, -0.25) is 0 Å². The van der Waals surface area contributed by atoms with Gasteiger partial charge in [0.05, 0.1) is 14.7 Å². The fourth-order valence-electron chi connectivity index (χ4n) is 1.94. The zero-order chi connectivity index (χ0) is 16.9. The zero-order valence-electron chi connectivity index (χ0n) is 13.3. The normalized spacial score (nSPS) is 11.8. The molecule has 0 saturated heterocycles. The summed E-state index contributed by atoms with van der Waals surface area (Å²) in [5.41, 5.74) is 0. The molecule has 0 radical (unpaired) electrons. The van der Waals surface area contributed by atoms with Gasteiger partial charge in [0, 0.05) is 5.39 Å². The van der Waals surface area contributed by atoms with Crippen molar-refractivity contribution in [1.82, 2.24) is 0 Å². The molecule has 0 aliphatic carbocycles. The maximum Gasteiger partial charge on any atom is 1.00 e. The van der Waals surface area contributed by atoms with E-state index in [9.17, 15) is 38.9 Å². The van der Waals surface area contributed by atoms with Crippen LogP contribution in [0.1, 0.15) is 0 Å². The molecule has 2 aromatic carbocycles. The summed E-state index contributed by atoms with van der Waals surface area (Å²) in [5.74, 6) is 0. The Morgan fingerprint density at radius 2 is 1.08 bits per heavy atom. The van der Waals surface area contributed by atoms with E-state index in [2.05, 4.69) is 0 Å². The maximum atomic E-state index is 11.3. The van der Waals surface area contributed by atoms with E-state index in [1.807, 2.05) is 0 Å². The topological polar surface area (TPSA) is 172 Å². The van der Waals surface area contributed by atoms with Gasteiger partial charge in [-0.05, 0) is 11.5 Å². The predicted octanol–water partition coefficient (Wildman–Crippen LogP) is -0.448. The van der Waals surface area contributed by atoms with Crippen LogP contribution in [0.3, 0.4) is 0 Å². The summed E-state index contributed by atoms with van der Waals surface area (Å²) in [6.07, 6.45) is 0. The van der Waals surface area contributed by atoms with Crippen molar-refractivity contribution in [3.05, 3.63) is 30.3 Å². The van der Waals surface area contributed by atoms with Crippen LogP contribution in [0.5, 0.6) is 0 Å². The molecule has 15 heteroatoms. The molecule has 0 amide bonds. The van der Waals surface area contributed by atoms with Gasteiger partial charge in [-0.15, -0.1) is 0 Å². The average Bonchev–Trinajstić information content (AvgIpc) is 2.33. The van der Waals surface area contributed by atoms with Crippen molar-refractivity contribution in [2.75, 3.05) is 0 Å². The summed E-state index contributed by atoms with van der Waals surface area (Å²) in [4.78, 5) is -4.97. The second kappa shape index (κ2) is 11.0. The Kier molecular flexibility index (Phi) is 13.4. The molecule has 0 aliphatic heterocycles. The first-order valence-corrected chi connectivity index (χ1v) is 9.49. The van der Waals surface area contributed by atoms with Crippen LogP contribution in [-0.2, 0) is 30.4 Å². The summed E-state index contributed by atoms with van der Waals surface area (Å²) < 4.78 is 101. The van der Waals surface area contributed by atoms with E-state index in [1.165, 1.54) is 12.1 Å². The van der Waals surface area contributed by atoms with Gasteiger partial charge >= 0.3 is 150 Å². The molecule has 0 spiro atoms. The maximum absolute atomic E-state index is 11.3. The molecule has 0 aromatic heterocycles. The Bertz CT molecular complexity index is 1090. The fourth-order valence-corrected chi connectivity index (χ4v) is 5.27. The Balaban J connectivity index is 0. The van der Waals surface area contributed by atoms with E-state index >= 15 is 0 Å². The number of benzene rings is 2. The quantitative estimate of drug-likeness (QED) is 0.370. The molecule has 0 atom stereocenters. The third kappa shape index (κ3) is 7.45. The predicted molar refractivity (Wildman–Crippen MR) is 67.8 cm³/mol. The van der Waals surface area contributed by atoms with E-state index in [-0.39, 0.29) is 155 Å². The van der Waals surface area contributed by atoms with Crippen molar-refractivity contribution >= 4 is 41.1 Å². The zero-order valence-corrected chi connectivity index (χ0v) is 40.4. The third-order valence-corrected chi connectivity index (χ3v) is 5.66. The van der Waals surface area contributed by atoms with E-state index in [4.69, 9.17) is 0 Å². The SMILES string of the molecule is O=S(=O)([O-])c1cc2ccccc2c(S(=O)(=O)[O-])c1S(=O)(=O)[O-].[Fr+].[Fr+].[Fr+]. The van der Waals surface area contributed by atoms with Crippen LogP contribution in [0.4, 0.5) is 0 Å². The Morgan fingerprint density at radius 3 is 1.48 bits per heavy atom. The van der Waals surface area contributed by atoms with Crippen LogP contribution in [0.2, 0.25) is 0 Å². The van der Waals surface area contributed by atoms with Gasteiger partial charge in [-0.25, -0.2) is 25.3 Å². The van der Waals surface area contributed by atoms with Crippen LogP contribution in [0.25, 0.3) is 10.8 Å². The van der Waals surface area contributed by atoms with Gasteiger partial charge in [0.2, 0.25) is 0 Å². The van der Waals surface area contributed by atoms with Crippen molar-refractivity contribution in [2.24, 2.45) is 0 Å². The van der Waals surface area contributed by atoms with Crippen LogP contribution in [0, 0.1) is 150 Å². The Labute approximate surface area is 268 Å². The molecule has 0 bridgehead atoms. The third-order valence-electron chi connectivity index (χ3n) is 2.69. The van der Waals surface area contributed by atoms with Crippen molar-refractivity contribution < 1.29 is 189 Å². The summed E-state index contributed by atoms with van der Waals surface area (Å²) in [7, 11) is -16.8. The summed E-state index contributed by atoms with van der Waals surface area (Å²) in [6.45, 7) is 0. The molecule has 120 valence electrons. The van der Waals surface area contributed by atoms with Gasteiger partial charge < -0.3 is 13.7 Å². The molecule has 0 unspecified atom stereocenters. The first-order valence-electron chi connectivity index (χ1n) is 5.27. The molecule has 0 saturated carbocycles. The fraction of sp³-hybridized carbons (Fsp3) is 0. The van der Waals surface area contributed by atoms with Crippen LogP contribution >= 0.6 is 0 Å². The molecule has 0 N–H and O–H groups in total. The number of fused-ring (bicyclic) bond motifs is 1. The van der Waals surface area contributed by atoms with Gasteiger partial charge in [-0.2, -0.15) is 0 Å². The van der Waals surface area contributed by atoms with Crippen LogP contribution in [0.15, 0.2) is 45.0 Å². The summed E-state index contributed by atoms with van der Waals surface area (Å²) in [6, 6.07) is 5.27. The standard InChI is InChI=1S/C10H8O9S3.3Fr/c11-20(12,13)8-5-6-3-1-2-4-7(6)9(21(14,15)16)10(8)22(17,18)19;;;/h1-5H,(H,11,12,13)(H,14,15,16)(H,17,18,19);;;/q;3*+1/p-3. The Hall–Kier alpha value is 3.22. The molecule has 0 heterocycles. The smallest absolute Gasteiger partial charge is 0.744 e. The van der Waals surface area contributed by atoms with Crippen molar-refractivity contribution in [3.8, 4) is 0 Å². The molecular weight excluding hydrogens is 1030 g/mol. The summed E-state index contributed by atoms with van der Waals surface area (Å²) >= 11 is 0. The summed E-state index contributed by atoms with van der Waals surface area (Å²) in [5, 5.41) is -0.668. The molecular formula is C10H5Fr3O9S3. The second-order valence-corrected chi connectivity index (χ2v) is 8.10. The average molecular weight is 1030 g/mol. The van der Waals surface area contributed by atoms with E-state index < -0.39 is 50.4 Å². The molecule has 0 aliphatic rings. The molecule has 0 fully saturated rings. The van der Waals surface area contributed by atoms with Crippen molar-refractivity contribution in [3.63, 3.8) is 0 Å². The van der Waals surface area contributed by atoms with Gasteiger partial charge in [0.25, 0.3) is 0 Å².